The first-order chi connectivity index (χ1) is 16.0. The van der Waals surface area contributed by atoms with Gasteiger partial charge in [-0.05, 0) is 56.3 Å². The summed E-state index contributed by atoms with van der Waals surface area (Å²) in [6.45, 7) is 3.33. The van der Waals surface area contributed by atoms with Crippen molar-refractivity contribution in [2.24, 2.45) is 0 Å². The Kier molecular flexibility index (Phi) is 5.51. The van der Waals surface area contributed by atoms with Gasteiger partial charge in [0, 0.05) is 18.5 Å². The fraction of sp³-hybridized carbons (Fsp3) is 0.304. The number of halogens is 1. The minimum atomic E-state index is -0.561. The van der Waals surface area contributed by atoms with Crippen molar-refractivity contribution in [3.8, 4) is 11.4 Å². The fourth-order valence-electron chi connectivity index (χ4n) is 4.16. The smallest absolute Gasteiger partial charge is 0.441 e. The highest BCUT2D eigenvalue weighted by Gasteiger charge is 2.28. The largest absolute Gasteiger partial charge is 0.494 e. The van der Waals surface area contributed by atoms with Gasteiger partial charge in [0.25, 0.3) is 5.56 Å². The molecule has 2 aromatic carbocycles. The third-order valence-corrected chi connectivity index (χ3v) is 5.65. The summed E-state index contributed by atoms with van der Waals surface area (Å²) >= 11 is 0. The molecule has 1 aliphatic rings. The van der Waals surface area contributed by atoms with Gasteiger partial charge in [0.1, 0.15) is 11.6 Å². The predicted octanol–water partition coefficient (Wildman–Crippen LogP) is 2.35. The van der Waals surface area contributed by atoms with Gasteiger partial charge in [-0.15, -0.1) is 5.10 Å². The molecule has 0 radical (unpaired) electrons. The first-order valence-electron chi connectivity index (χ1n) is 10.8. The van der Waals surface area contributed by atoms with E-state index in [0.717, 1.165) is 0 Å². The van der Waals surface area contributed by atoms with E-state index < -0.39 is 5.76 Å². The summed E-state index contributed by atoms with van der Waals surface area (Å²) in [6, 6.07) is 9.64. The minimum Gasteiger partial charge on any atom is -0.494 e. The molecule has 0 unspecified atom stereocenters. The zero-order chi connectivity index (χ0) is 22.9. The molecular weight excluding hydrogens is 429 g/mol. The lowest BCUT2D eigenvalue weighted by Gasteiger charge is -2.13. The summed E-state index contributed by atoms with van der Waals surface area (Å²) in [7, 11) is 0. The van der Waals surface area contributed by atoms with E-state index in [1.807, 2.05) is 6.92 Å². The molecule has 4 aromatic rings. The Bertz CT molecular complexity index is 1420. The monoisotopic (exact) mass is 451 g/mol. The highest BCUT2D eigenvalue weighted by atomic mass is 19.1. The standard InChI is InChI=1S/C23H22FN5O4/c1-2-32-15-7-5-14(6-8-15)29-23(31)33-19(27-29)4-3-11-25-18-13-28-20(30)12-26-17-10-9-16(24)21(18)22(17)28/h5-10,12,18,25H,2-4,11,13H2,1H3/t18-/m0/s1. The second-order valence-electron chi connectivity index (χ2n) is 7.75. The van der Waals surface area contributed by atoms with Crippen LogP contribution in [-0.2, 0) is 13.0 Å². The maximum atomic E-state index is 14.5. The van der Waals surface area contributed by atoms with Gasteiger partial charge >= 0.3 is 5.76 Å². The van der Waals surface area contributed by atoms with Gasteiger partial charge in [0.2, 0.25) is 5.89 Å². The number of rotatable bonds is 8. The van der Waals surface area contributed by atoms with Crippen LogP contribution in [0.25, 0.3) is 16.7 Å². The molecule has 1 N–H and O–H groups in total. The molecule has 0 aliphatic carbocycles. The second-order valence-corrected chi connectivity index (χ2v) is 7.75. The van der Waals surface area contributed by atoms with Crippen LogP contribution < -0.4 is 21.4 Å². The van der Waals surface area contributed by atoms with Gasteiger partial charge in [-0.1, -0.05) is 0 Å². The summed E-state index contributed by atoms with van der Waals surface area (Å²) in [6.07, 6.45) is 2.30. The number of benzene rings is 2. The van der Waals surface area contributed by atoms with Gasteiger partial charge in [0.05, 0.1) is 35.6 Å². The molecule has 0 bridgehead atoms. The second kappa shape index (κ2) is 8.62. The van der Waals surface area contributed by atoms with Crippen molar-refractivity contribution in [2.45, 2.75) is 32.4 Å². The lowest BCUT2D eigenvalue weighted by Crippen LogP contribution is -2.26. The molecule has 0 saturated heterocycles. The van der Waals surface area contributed by atoms with E-state index in [9.17, 15) is 14.0 Å². The number of hydrogen-bond acceptors (Lipinski definition) is 7. The number of nitrogens with one attached hydrogen (secondary N) is 1. The van der Waals surface area contributed by atoms with Crippen LogP contribution in [0.4, 0.5) is 4.39 Å². The number of ether oxygens (including phenoxy) is 1. The average molecular weight is 451 g/mol. The topological polar surface area (TPSA) is 104 Å². The van der Waals surface area contributed by atoms with Crippen molar-refractivity contribution in [3.63, 3.8) is 0 Å². The normalized spacial score (nSPS) is 14.8. The molecule has 1 aliphatic heterocycles. The van der Waals surface area contributed by atoms with Crippen molar-refractivity contribution in [1.29, 1.82) is 0 Å². The first kappa shape index (κ1) is 21.1. The molecule has 0 spiro atoms. The lowest BCUT2D eigenvalue weighted by atomic mass is 10.1. The van der Waals surface area contributed by atoms with Crippen molar-refractivity contribution < 1.29 is 13.5 Å². The Morgan fingerprint density at radius 3 is 2.82 bits per heavy atom. The minimum absolute atomic E-state index is 0.250. The molecule has 170 valence electrons. The molecule has 2 aromatic heterocycles. The molecule has 5 rings (SSSR count). The van der Waals surface area contributed by atoms with E-state index >= 15 is 0 Å². The Labute approximate surface area is 187 Å². The lowest BCUT2D eigenvalue weighted by molar-refractivity contribution is 0.340. The molecule has 9 nitrogen and oxygen atoms in total. The third kappa shape index (κ3) is 3.93. The number of aryl methyl sites for hydroxylation is 1. The zero-order valence-corrected chi connectivity index (χ0v) is 18.0. The SMILES string of the molecule is CCOc1ccc(-n2nc(CCCN[C@H]3Cn4c(=O)cnc5ccc(F)c3c54)oc2=O)cc1. The Hall–Kier alpha value is -3.79. The molecule has 3 heterocycles. The number of nitrogens with zero attached hydrogens (tertiary/aromatic N) is 4. The molecule has 0 saturated carbocycles. The Morgan fingerprint density at radius 1 is 1.21 bits per heavy atom. The maximum Gasteiger partial charge on any atom is 0.441 e. The van der Waals surface area contributed by atoms with E-state index in [4.69, 9.17) is 9.15 Å². The fourth-order valence-corrected chi connectivity index (χ4v) is 4.16. The van der Waals surface area contributed by atoms with Crippen LogP contribution >= 0.6 is 0 Å². The highest BCUT2D eigenvalue weighted by Crippen LogP contribution is 2.32. The third-order valence-electron chi connectivity index (χ3n) is 5.65. The van der Waals surface area contributed by atoms with Crippen LogP contribution in [0.3, 0.4) is 0 Å². The van der Waals surface area contributed by atoms with Crippen LogP contribution in [0, 0.1) is 5.82 Å². The first-order valence-corrected chi connectivity index (χ1v) is 10.8. The average Bonchev–Trinajstić information content (AvgIpc) is 3.38. The zero-order valence-electron chi connectivity index (χ0n) is 18.0. The summed E-state index contributed by atoms with van der Waals surface area (Å²) in [5, 5.41) is 7.57. The summed E-state index contributed by atoms with van der Waals surface area (Å²) in [5.41, 5.74) is 1.93. The quantitative estimate of drug-likeness (QED) is 0.410. The number of aromatic nitrogens is 4. The summed E-state index contributed by atoms with van der Waals surface area (Å²) in [5.74, 6) is 0.107. The van der Waals surface area contributed by atoms with Gasteiger partial charge in [-0.3, -0.25) is 4.79 Å². The highest BCUT2D eigenvalue weighted by molar-refractivity contribution is 5.80. The van der Waals surface area contributed by atoms with E-state index in [2.05, 4.69) is 15.4 Å². The van der Waals surface area contributed by atoms with Gasteiger partial charge in [0.15, 0.2) is 0 Å². The van der Waals surface area contributed by atoms with Crippen LogP contribution in [0.15, 0.2) is 56.6 Å². The van der Waals surface area contributed by atoms with Crippen LogP contribution in [0.2, 0.25) is 0 Å². The molecule has 0 fully saturated rings. The molecular formula is C23H22FN5O4. The van der Waals surface area contributed by atoms with Crippen molar-refractivity contribution >= 4 is 11.0 Å². The van der Waals surface area contributed by atoms with Crippen LogP contribution in [0.1, 0.15) is 30.8 Å². The van der Waals surface area contributed by atoms with Gasteiger partial charge in [-0.2, -0.15) is 4.68 Å². The van der Waals surface area contributed by atoms with Crippen molar-refractivity contribution in [1.82, 2.24) is 24.6 Å². The Morgan fingerprint density at radius 2 is 2.03 bits per heavy atom. The van der Waals surface area contributed by atoms with Crippen molar-refractivity contribution in [3.05, 3.63) is 80.8 Å². The Balaban J connectivity index is 1.23. The van der Waals surface area contributed by atoms with Gasteiger partial charge < -0.3 is 19.0 Å². The predicted molar refractivity (Wildman–Crippen MR) is 118 cm³/mol. The van der Waals surface area contributed by atoms with E-state index in [1.165, 1.54) is 16.9 Å². The summed E-state index contributed by atoms with van der Waals surface area (Å²) in [4.78, 5) is 28.5. The van der Waals surface area contributed by atoms with E-state index in [-0.39, 0.29) is 17.4 Å². The van der Waals surface area contributed by atoms with E-state index in [1.54, 1.807) is 34.9 Å². The number of hydrogen-bond donors (Lipinski definition) is 1. The maximum absolute atomic E-state index is 14.5. The van der Waals surface area contributed by atoms with Crippen LogP contribution in [0.5, 0.6) is 5.75 Å². The van der Waals surface area contributed by atoms with E-state index in [0.29, 0.717) is 66.5 Å². The molecule has 0 amide bonds. The molecule has 1 atom stereocenters. The van der Waals surface area contributed by atoms with Gasteiger partial charge in [-0.25, -0.2) is 14.2 Å². The van der Waals surface area contributed by atoms with Crippen molar-refractivity contribution in [2.75, 3.05) is 13.2 Å². The van der Waals surface area contributed by atoms with Crippen LogP contribution in [-0.4, -0.2) is 32.5 Å². The molecule has 33 heavy (non-hydrogen) atoms. The molecule has 10 heteroatoms. The summed E-state index contributed by atoms with van der Waals surface area (Å²) < 4.78 is 28.0.